The van der Waals surface area contributed by atoms with E-state index in [-0.39, 0.29) is 18.8 Å². The lowest BCUT2D eigenvalue weighted by molar-refractivity contribution is -0.178. The van der Waals surface area contributed by atoms with Gasteiger partial charge in [0, 0.05) is 17.3 Å². The molecule has 1 aromatic carbocycles. The number of β-amino-alcohol motifs (C(OH)–C–C–N with tert-alkyl or cyclic N) is 1. The topological polar surface area (TPSA) is 117 Å². The number of nitrogens with zero attached hydrogens (tertiary/aromatic N) is 1. The van der Waals surface area contributed by atoms with E-state index in [1.807, 2.05) is 0 Å². The summed E-state index contributed by atoms with van der Waals surface area (Å²) in [6, 6.07) is 4.98. The average molecular weight is 345 g/mol. The SMILES string of the molecule is O=C1C=C(Nc2ccc3c(c2)C2(OCCO2)C(=O)N3)C(=O)N1CCO. The van der Waals surface area contributed by atoms with Crippen LogP contribution in [0.25, 0.3) is 0 Å². The third-order valence-corrected chi connectivity index (χ3v) is 4.23. The molecule has 0 aliphatic carbocycles. The fourth-order valence-corrected chi connectivity index (χ4v) is 3.09. The fourth-order valence-electron chi connectivity index (χ4n) is 3.09. The summed E-state index contributed by atoms with van der Waals surface area (Å²) >= 11 is 0. The molecule has 3 aliphatic rings. The number of carbonyl (C=O) groups excluding carboxylic acids is 3. The van der Waals surface area contributed by atoms with Crippen LogP contribution in [0.4, 0.5) is 11.4 Å². The maximum absolute atomic E-state index is 12.2. The highest BCUT2D eigenvalue weighted by Gasteiger charge is 2.52. The van der Waals surface area contributed by atoms with Gasteiger partial charge in [0.2, 0.25) is 0 Å². The van der Waals surface area contributed by atoms with Crippen molar-refractivity contribution in [2.24, 2.45) is 0 Å². The van der Waals surface area contributed by atoms with Crippen LogP contribution in [0.5, 0.6) is 0 Å². The van der Waals surface area contributed by atoms with Gasteiger partial charge in [0.1, 0.15) is 5.70 Å². The van der Waals surface area contributed by atoms with Crippen LogP contribution in [0, 0.1) is 0 Å². The molecule has 1 saturated heterocycles. The molecular formula is C16H15N3O6. The highest BCUT2D eigenvalue weighted by atomic mass is 16.7. The van der Waals surface area contributed by atoms with Crippen LogP contribution in [-0.4, -0.2) is 54.1 Å². The van der Waals surface area contributed by atoms with Crippen molar-refractivity contribution in [2.75, 3.05) is 37.0 Å². The molecule has 3 aliphatic heterocycles. The van der Waals surface area contributed by atoms with Crippen LogP contribution in [0.15, 0.2) is 30.0 Å². The number of fused-ring (bicyclic) bond motifs is 2. The van der Waals surface area contributed by atoms with E-state index in [0.717, 1.165) is 4.90 Å². The van der Waals surface area contributed by atoms with Crippen LogP contribution in [0.2, 0.25) is 0 Å². The van der Waals surface area contributed by atoms with Crippen LogP contribution in [-0.2, 0) is 29.6 Å². The molecule has 1 aromatic rings. The van der Waals surface area contributed by atoms with Gasteiger partial charge >= 0.3 is 0 Å². The van der Waals surface area contributed by atoms with E-state index in [2.05, 4.69) is 10.6 Å². The number of benzene rings is 1. The molecule has 25 heavy (non-hydrogen) atoms. The smallest absolute Gasteiger partial charge is 0.289 e. The van der Waals surface area contributed by atoms with Crippen LogP contribution in [0.1, 0.15) is 5.56 Å². The molecule has 9 nitrogen and oxygen atoms in total. The number of aliphatic hydroxyl groups excluding tert-OH is 1. The number of carbonyl (C=O) groups is 3. The van der Waals surface area contributed by atoms with E-state index in [1.54, 1.807) is 18.2 Å². The maximum Gasteiger partial charge on any atom is 0.289 e. The van der Waals surface area contributed by atoms with E-state index in [4.69, 9.17) is 14.6 Å². The molecule has 1 fully saturated rings. The second-order valence-corrected chi connectivity index (χ2v) is 5.73. The van der Waals surface area contributed by atoms with Crippen LogP contribution >= 0.6 is 0 Å². The number of aliphatic hydroxyl groups is 1. The molecule has 0 radical (unpaired) electrons. The summed E-state index contributed by atoms with van der Waals surface area (Å²) in [4.78, 5) is 37.1. The first-order chi connectivity index (χ1) is 12.0. The summed E-state index contributed by atoms with van der Waals surface area (Å²) in [7, 11) is 0. The van der Waals surface area contributed by atoms with Gasteiger partial charge in [-0.15, -0.1) is 0 Å². The normalized spacial score (nSPS) is 20.9. The van der Waals surface area contributed by atoms with Gasteiger partial charge in [0.05, 0.1) is 32.1 Å². The predicted molar refractivity (Wildman–Crippen MR) is 84.2 cm³/mol. The summed E-state index contributed by atoms with van der Waals surface area (Å²) in [5.41, 5.74) is 1.69. The maximum atomic E-state index is 12.2. The molecule has 0 bridgehead atoms. The van der Waals surface area contributed by atoms with E-state index in [0.29, 0.717) is 30.2 Å². The van der Waals surface area contributed by atoms with Crippen LogP contribution in [0.3, 0.4) is 0 Å². The Bertz CT molecular complexity index is 812. The molecule has 4 rings (SSSR count). The Hall–Kier alpha value is -2.75. The molecule has 3 N–H and O–H groups in total. The van der Waals surface area contributed by atoms with Crippen molar-refractivity contribution >= 4 is 29.1 Å². The first-order valence-corrected chi connectivity index (χ1v) is 7.74. The van der Waals surface area contributed by atoms with Gasteiger partial charge in [-0.25, -0.2) is 0 Å². The summed E-state index contributed by atoms with van der Waals surface area (Å²) < 4.78 is 11.0. The Morgan fingerprint density at radius 2 is 2.00 bits per heavy atom. The molecule has 130 valence electrons. The van der Waals surface area contributed by atoms with E-state index in [9.17, 15) is 14.4 Å². The number of amides is 3. The second kappa shape index (κ2) is 5.66. The van der Waals surface area contributed by atoms with Gasteiger partial charge < -0.3 is 25.2 Å². The first-order valence-electron chi connectivity index (χ1n) is 7.74. The average Bonchev–Trinajstić information content (AvgIpc) is 3.25. The Morgan fingerprint density at radius 1 is 1.24 bits per heavy atom. The number of nitrogens with one attached hydrogen (secondary N) is 2. The molecule has 0 unspecified atom stereocenters. The van der Waals surface area contributed by atoms with Crippen molar-refractivity contribution in [3.8, 4) is 0 Å². The van der Waals surface area contributed by atoms with Gasteiger partial charge in [0.25, 0.3) is 23.5 Å². The molecule has 3 heterocycles. The van der Waals surface area contributed by atoms with Crippen molar-refractivity contribution in [3.05, 3.63) is 35.5 Å². The highest BCUT2D eigenvalue weighted by molar-refractivity contribution is 6.17. The molecule has 0 saturated carbocycles. The van der Waals surface area contributed by atoms with E-state index in [1.165, 1.54) is 6.08 Å². The monoisotopic (exact) mass is 345 g/mol. The van der Waals surface area contributed by atoms with Crippen molar-refractivity contribution in [3.63, 3.8) is 0 Å². The Balaban J connectivity index is 1.61. The summed E-state index contributed by atoms with van der Waals surface area (Å²) in [5, 5.41) is 14.5. The van der Waals surface area contributed by atoms with Gasteiger partial charge in [-0.2, -0.15) is 0 Å². The molecule has 0 atom stereocenters. The van der Waals surface area contributed by atoms with E-state index >= 15 is 0 Å². The van der Waals surface area contributed by atoms with Gasteiger partial charge in [-0.05, 0) is 18.2 Å². The van der Waals surface area contributed by atoms with Crippen molar-refractivity contribution in [1.29, 1.82) is 0 Å². The summed E-state index contributed by atoms with van der Waals surface area (Å²) in [6.45, 7) is 0.243. The molecule has 0 aromatic heterocycles. The van der Waals surface area contributed by atoms with Crippen molar-refractivity contribution in [2.45, 2.75) is 5.79 Å². The van der Waals surface area contributed by atoms with Gasteiger partial charge in [0.15, 0.2) is 0 Å². The van der Waals surface area contributed by atoms with Gasteiger partial charge in [-0.3, -0.25) is 19.3 Å². The molecule has 1 spiro atoms. The zero-order valence-electron chi connectivity index (χ0n) is 13.1. The molecule has 9 heteroatoms. The number of hydrogen-bond donors (Lipinski definition) is 3. The van der Waals surface area contributed by atoms with E-state index < -0.39 is 23.5 Å². The Labute approximate surface area is 142 Å². The Kier molecular flexibility index (Phi) is 3.57. The Morgan fingerprint density at radius 3 is 2.72 bits per heavy atom. The van der Waals surface area contributed by atoms with Crippen molar-refractivity contribution in [1.82, 2.24) is 4.90 Å². The zero-order chi connectivity index (χ0) is 17.6. The second-order valence-electron chi connectivity index (χ2n) is 5.73. The van der Waals surface area contributed by atoms with Crippen LogP contribution < -0.4 is 10.6 Å². The minimum Gasteiger partial charge on any atom is -0.395 e. The summed E-state index contributed by atoms with van der Waals surface area (Å²) in [6.07, 6.45) is 1.17. The quantitative estimate of drug-likeness (QED) is 0.630. The lowest BCUT2D eigenvalue weighted by Gasteiger charge is -2.20. The predicted octanol–water partition coefficient (Wildman–Crippen LogP) is -0.505. The van der Waals surface area contributed by atoms with Crippen molar-refractivity contribution < 1.29 is 29.0 Å². The number of hydrogen-bond acceptors (Lipinski definition) is 7. The standard InChI is InChI=1S/C16H15N3O6/c20-4-3-19-13(21)8-12(14(19)22)17-9-1-2-11-10(7-9)16(15(23)18-11)24-5-6-25-16/h1-2,7-8,17,20H,3-6H2,(H,18,23). The minimum absolute atomic E-state index is 0.0628. The number of ether oxygens (including phenoxy) is 2. The number of rotatable bonds is 4. The zero-order valence-corrected chi connectivity index (χ0v) is 13.1. The third kappa shape index (κ3) is 2.32. The number of anilines is 2. The molecular weight excluding hydrogens is 330 g/mol. The highest BCUT2D eigenvalue weighted by Crippen LogP contribution is 2.43. The summed E-state index contributed by atoms with van der Waals surface area (Å²) in [5.74, 6) is -2.85. The largest absolute Gasteiger partial charge is 0.395 e. The minimum atomic E-state index is -1.46. The lowest BCUT2D eigenvalue weighted by Crippen LogP contribution is -2.35. The number of imide groups is 1. The fraction of sp³-hybridized carbons (Fsp3) is 0.312. The lowest BCUT2D eigenvalue weighted by atomic mass is 10.1. The third-order valence-electron chi connectivity index (χ3n) is 4.23. The first kappa shape index (κ1) is 15.8. The van der Waals surface area contributed by atoms with Gasteiger partial charge in [-0.1, -0.05) is 0 Å². The molecule has 3 amide bonds.